The number of nitrogens with zero attached hydrogens (tertiary/aromatic N) is 6. The van der Waals surface area contributed by atoms with Gasteiger partial charge in [-0.25, -0.2) is 19.7 Å². The number of urea groups is 1. The van der Waals surface area contributed by atoms with Gasteiger partial charge in [0.25, 0.3) is 0 Å². The first-order valence-corrected chi connectivity index (χ1v) is 11.8. The SMILES string of the molecule is CCNC(=O)Nc1ccc(-c2nc3c(c(N4CCOCC4)n2)CCN(c2ccnc(N)n2)C3)cc1. The Morgan fingerprint density at radius 3 is 2.60 bits per heavy atom. The lowest BCUT2D eigenvalue weighted by Crippen LogP contribution is -2.39. The molecule has 182 valence electrons. The number of carbonyl (C=O) groups excluding carboxylic acids is 1. The van der Waals surface area contributed by atoms with Crippen LogP contribution in [-0.4, -0.2) is 65.4 Å². The molecule has 11 nitrogen and oxygen atoms in total. The fraction of sp³-hybridized carbons (Fsp3) is 0.375. The number of fused-ring (bicyclic) bond motifs is 1. The van der Waals surface area contributed by atoms with Crippen LogP contribution in [-0.2, 0) is 17.7 Å². The molecule has 0 bridgehead atoms. The topological polar surface area (TPSA) is 134 Å². The summed E-state index contributed by atoms with van der Waals surface area (Å²) in [4.78, 5) is 34.7. The Bertz CT molecular complexity index is 1200. The number of hydrogen-bond acceptors (Lipinski definition) is 9. The van der Waals surface area contributed by atoms with Crippen molar-refractivity contribution in [1.82, 2.24) is 25.3 Å². The molecule has 0 aliphatic carbocycles. The monoisotopic (exact) mass is 475 g/mol. The van der Waals surface area contributed by atoms with Gasteiger partial charge in [-0.05, 0) is 43.7 Å². The maximum absolute atomic E-state index is 11.8. The van der Waals surface area contributed by atoms with Crippen LogP contribution in [0.1, 0.15) is 18.2 Å². The summed E-state index contributed by atoms with van der Waals surface area (Å²) in [5, 5.41) is 5.55. The van der Waals surface area contributed by atoms with Gasteiger partial charge in [-0.15, -0.1) is 0 Å². The highest BCUT2D eigenvalue weighted by Gasteiger charge is 2.27. The van der Waals surface area contributed by atoms with Gasteiger partial charge in [0.05, 0.1) is 25.5 Å². The standard InChI is InChI=1S/C24H29N9O2/c1-2-26-24(34)28-17-5-3-16(4-6-17)21-29-19-15-33(20-7-9-27-23(25)30-20)10-8-18(19)22(31-21)32-11-13-35-14-12-32/h3-7,9H,2,8,10-15H2,1H3,(H2,25,27,30)(H2,26,28,34). The van der Waals surface area contributed by atoms with Crippen molar-refractivity contribution in [2.45, 2.75) is 19.9 Å². The zero-order chi connectivity index (χ0) is 24.2. The number of anilines is 4. The molecule has 0 radical (unpaired) electrons. The number of rotatable bonds is 5. The van der Waals surface area contributed by atoms with Crippen molar-refractivity contribution >= 4 is 29.3 Å². The molecule has 0 spiro atoms. The first kappa shape index (κ1) is 22.8. The summed E-state index contributed by atoms with van der Waals surface area (Å²) in [6.45, 7) is 6.80. The van der Waals surface area contributed by atoms with Crippen molar-refractivity contribution in [3.8, 4) is 11.4 Å². The fourth-order valence-electron chi connectivity index (χ4n) is 4.35. The number of morpholine rings is 1. The van der Waals surface area contributed by atoms with E-state index in [1.165, 1.54) is 5.56 Å². The number of carbonyl (C=O) groups is 1. The highest BCUT2D eigenvalue weighted by molar-refractivity contribution is 5.89. The summed E-state index contributed by atoms with van der Waals surface area (Å²) in [6.07, 6.45) is 2.48. The van der Waals surface area contributed by atoms with E-state index >= 15 is 0 Å². The molecule has 11 heteroatoms. The van der Waals surface area contributed by atoms with Gasteiger partial charge in [0.1, 0.15) is 11.6 Å². The van der Waals surface area contributed by atoms with Gasteiger partial charge in [0.2, 0.25) is 5.95 Å². The first-order valence-electron chi connectivity index (χ1n) is 11.8. The van der Waals surface area contributed by atoms with E-state index in [2.05, 4.69) is 30.4 Å². The molecular formula is C24H29N9O2. The molecule has 35 heavy (non-hydrogen) atoms. The molecule has 5 rings (SSSR count). The van der Waals surface area contributed by atoms with E-state index in [0.717, 1.165) is 48.9 Å². The Kier molecular flexibility index (Phi) is 6.57. The van der Waals surface area contributed by atoms with Crippen molar-refractivity contribution in [3.63, 3.8) is 0 Å². The minimum Gasteiger partial charge on any atom is -0.378 e. The average Bonchev–Trinajstić information content (AvgIpc) is 2.89. The zero-order valence-electron chi connectivity index (χ0n) is 19.7. The maximum Gasteiger partial charge on any atom is 0.319 e. The van der Waals surface area contributed by atoms with Crippen molar-refractivity contribution in [2.75, 3.05) is 60.2 Å². The second-order valence-corrected chi connectivity index (χ2v) is 8.40. The molecule has 1 saturated heterocycles. The second-order valence-electron chi connectivity index (χ2n) is 8.40. The van der Waals surface area contributed by atoms with Crippen LogP contribution in [0.4, 0.5) is 28.1 Å². The van der Waals surface area contributed by atoms with E-state index in [1.54, 1.807) is 6.20 Å². The van der Waals surface area contributed by atoms with E-state index in [-0.39, 0.29) is 12.0 Å². The number of nitrogen functional groups attached to an aromatic ring is 1. The zero-order valence-corrected chi connectivity index (χ0v) is 19.7. The summed E-state index contributed by atoms with van der Waals surface area (Å²) in [5.74, 6) is 2.67. The molecule has 0 unspecified atom stereocenters. The van der Waals surface area contributed by atoms with Gasteiger partial charge in [-0.1, -0.05) is 0 Å². The lowest BCUT2D eigenvalue weighted by molar-refractivity contribution is 0.122. The molecule has 2 aliphatic heterocycles. The quantitative estimate of drug-likeness (QED) is 0.507. The van der Waals surface area contributed by atoms with Gasteiger partial charge < -0.3 is 30.9 Å². The minimum atomic E-state index is -0.231. The van der Waals surface area contributed by atoms with E-state index in [4.69, 9.17) is 20.4 Å². The van der Waals surface area contributed by atoms with Crippen LogP contribution in [0.5, 0.6) is 0 Å². The summed E-state index contributed by atoms with van der Waals surface area (Å²) in [5.41, 5.74) is 9.55. The molecule has 2 amide bonds. The predicted octanol–water partition coefficient (Wildman–Crippen LogP) is 2.06. The summed E-state index contributed by atoms with van der Waals surface area (Å²) >= 11 is 0. The predicted molar refractivity (Wildman–Crippen MR) is 134 cm³/mol. The summed E-state index contributed by atoms with van der Waals surface area (Å²) in [6, 6.07) is 9.21. The number of aromatic nitrogens is 4. The Morgan fingerprint density at radius 2 is 1.86 bits per heavy atom. The van der Waals surface area contributed by atoms with Crippen LogP contribution >= 0.6 is 0 Å². The Balaban J connectivity index is 1.48. The molecule has 4 N–H and O–H groups in total. The number of amides is 2. The average molecular weight is 476 g/mol. The number of nitrogens with two attached hydrogens (primary N) is 1. The fourth-order valence-corrected chi connectivity index (χ4v) is 4.35. The molecular weight excluding hydrogens is 446 g/mol. The molecule has 2 aromatic heterocycles. The van der Waals surface area contributed by atoms with Gasteiger partial charge in [-0.3, -0.25) is 0 Å². The molecule has 0 saturated carbocycles. The van der Waals surface area contributed by atoms with E-state index in [0.29, 0.717) is 37.8 Å². The van der Waals surface area contributed by atoms with Gasteiger partial charge in [0, 0.05) is 49.2 Å². The van der Waals surface area contributed by atoms with Crippen molar-refractivity contribution in [1.29, 1.82) is 0 Å². The molecule has 1 aromatic carbocycles. The van der Waals surface area contributed by atoms with Crippen LogP contribution in [0.25, 0.3) is 11.4 Å². The summed E-state index contributed by atoms with van der Waals surface area (Å²) < 4.78 is 5.57. The van der Waals surface area contributed by atoms with Gasteiger partial charge in [0.15, 0.2) is 5.82 Å². The third-order valence-corrected chi connectivity index (χ3v) is 6.08. The second kappa shape index (κ2) is 10.1. The largest absolute Gasteiger partial charge is 0.378 e. The van der Waals surface area contributed by atoms with Gasteiger partial charge in [-0.2, -0.15) is 4.98 Å². The highest BCUT2D eigenvalue weighted by atomic mass is 16.5. The van der Waals surface area contributed by atoms with Crippen molar-refractivity contribution in [3.05, 3.63) is 47.8 Å². The number of benzene rings is 1. The number of ether oxygens (including phenoxy) is 1. The number of hydrogen-bond donors (Lipinski definition) is 3. The van der Waals surface area contributed by atoms with E-state index in [1.807, 2.05) is 37.3 Å². The normalized spacial score (nSPS) is 15.5. The summed E-state index contributed by atoms with van der Waals surface area (Å²) in [7, 11) is 0. The molecule has 1 fully saturated rings. The Hall–Kier alpha value is -3.99. The third-order valence-electron chi connectivity index (χ3n) is 6.08. The van der Waals surface area contributed by atoms with Gasteiger partial charge >= 0.3 is 6.03 Å². The van der Waals surface area contributed by atoms with E-state index < -0.39 is 0 Å². The Morgan fingerprint density at radius 1 is 1.06 bits per heavy atom. The first-order chi connectivity index (χ1) is 17.1. The molecule has 2 aliphatic rings. The molecule has 3 aromatic rings. The smallest absolute Gasteiger partial charge is 0.319 e. The lowest BCUT2D eigenvalue weighted by Gasteiger charge is -2.34. The van der Waals surface area contributed by atoms with Crippen LogP contribution in [0.2, 0.25) is 0 Å². The van der Waals surface area contributed by atoms with Crippen LogP contribution in [0.3, 0.4) is 0 Å². The van der Waals surface area contributed by atoms with Crippen molar-refractivity contribution in [2.24, 2.45) is 0 Å². The lowest BCUT2D eigenvalue weighted by atomic mass is 10.0. The molecule has 4 heterocycles. The minimum absolute atomic E-state index is 0.231. The molecule has 0 atom stereocenters. The van der Waals surface area contributed by atoms with Crippen LogP contribution in [0, 0.1) is 0 Å². The maximum atomic E-state index is 11.8. The van der Waals surface area contributed by atoms with E-state index in [9.17, 15) is 4.79 Å². The third kappa shape index (κ3) is 5.09. The Labute approximate surface area is 203 Å². The van der Waals surface area contributed by atoms with Crippen molar-refractivity contribution < 1.29 is 9.53 Å². The van der Waals surface area contributed by atoms with Crippen LogP contribution in [0.15, 0.2) is 36.5 Å². The number of nitrogens with one attached hydrogen (secondary N) is 2. The highest BCUT2D eigenvalue weighted by Crippen LogP contribution is 2.31. The van der Waals surface area contributed by atoms with Crippen LogP contribution < -0.4 is 26.2 Å².